The third-order valence-corrected chi connectivity index (χ3v) is 16.7. The number of aryl methyl sites for hydroxylation is 1. The van der Waals surface area contributed by atoms with Crippen LogP contribution in [0.3, 0.4) is 0 Å². The van der Waals surface area contributed by atoms with Gasteiger partial charge in [-0.3, -0.25) is 9.98 Å². The van der Waals surface area contributed by atoms with E-state index in [2.05, 4.69) is 148 Å². The monoisotopic (exact) mass is 914 g/mol. The summed E-state index contributed by atoms with van der Waals surface area (Å²) in [4.78, 5) is 19.1. The molecule has 0 saturated carbocycles. The predicted molar refractivity (Wildman–Crippen MR) is 293 cm³/mol. The van der Waals surface area contributed by atoms with Gasteiger partial charge in [-0.2, -0.15) is 0 Å². The molecule has 0 radical (unpaired) electrons. The molecule has 4 fully saturated rings. The molecule has 8 rings (SSSR count). The molecule has 68 heavy (non-hydrogen) atoms. The number of rotatable bonds is 21. The highest BCUT2D eigenvalue weighted by atomic mass is 15.2. The maximum atomic E-state index is 4.50. The van der Waals surface area contributed by atoms with Gasteiger partial charge in [0.2, 0.25) is 0 Å². The van der Waals surface area contributed by atoms with Crippen LogP contribution in [-0.2, 0) is 18.3 Å². The van der Waals surface area contributed by atoms with Crippen LogP contribution in [0.1, 0.15) is 99.9 Å². The molecule has 0 bridgehead atoms. The SMILES string of the molecule is C=CCCC(C=C)n1c(=C)c2ccc(N3CC(CN4CCC(CN5CCC(CN6CCC(Cc7ccc(C(C)(C)c8ccc(CCC(/C=C\N=C)=N/C)cc8)cc7)CC6)CC5)CC4)C3)cc2c1=C. The second-order valence-corrected chi connectivity index (χ2v) is 21.6. The minimum atomic E-state index is -0.0455. The number of allylic oxidation sites excluding steroid dienone is 3. The van der Waals surface area contributed by atoms with Gasteiger partial charge in [0, 0.05) is 90.2 Å². The summed E-state index contributed by atoms with van der Waals surface area (Å²) >= 11 is 0. The number of hydrogen-bond acceptors (Lipinski definition) is 6. The zero-order valence-corrected chi connectivity index (χ0v) is 42.3. The first-order valence-corrected chi connectivity index (χ1v) is 26.3. The van der Waals surface area contributed by atoms with Gasteiger partial charge in [0.25, 0.3) is 0 Å². The first-order chi connectivity index (χ1) is 33.0. The van der Waals surface area contributed by atoms with E-state index in [9.17, 15) is 0 Å². The number of benzene rings is 3. The van der Waals surface area contributed by atoms with Crippen molar-refractivity contribution in [2.45, 2.75) is 95.9 Å². The molecule has 1 aromatic heterocycles. The summed E-state index contributed by atoms with van der Waals surface area (Å²) in [5.74, 6) is 3.28. The summed E-state index contributed by atoms with van der Waals surface area (Å²) in [6.45, 7) is 39.0. The molecular formula is C61H83N7. The Balaban J connectivity index is 0.693. The molecule has 4 aliphatic rings. The first-order valence-electron chi connectivity index (χ1n) is 26.3. The van der Waals surface area contributed by atoms with E-state index in [1.54, 1.807) is 6.20 Å². The smallest absolute Gasteiger partial charge is 0.0522 e. The lowest BCUT2D eigenvalue weighted by Gasteiger charge is -2.45. The highest BCUT2D eigenvalue weighted by Crippen LogP contribution is 2.34. The van der Waals surface area contributed by atoms with Crippen molar-refractivity contribution in [1.29, 1.82) is 0 Å². The van der Waals surface area contributed by atoms with E-state index in [0.29, 0.717) is 0 Å². The number of anilines is 1. The van der Waals surface area contributed by atoms with Crippen molar-refractivity contribution < 1.29 is 0 Å². The van der Waals surface area contributed by atoms with Gasteiger partial charge < -0.3 is 24.2 Å². The molecular weight excluding hydrogens is 831 g/mol. The van der Waals surface area contributed by atoms with Crippen LogP contribution < -0.4 is 15.6 Å². The molecule has 7 heteroatoms. The number of hydrogen-bond donors (Lipinski definition) is 0. The fourth-order valence-corrected chi connectivity index (χ4v) is 12.1. The standard InChI is InChI=1S/C61H83N7/c1-9-11-12-57(10-2)68-46(3)59-24-23-58(40-60(59)47(68)4)67-44-53(45-67)43-66-37-30-52(31-38-66)42-65-35-28-51(29-36-65)41-64-33-26-50(27-34-64)39-49-15-20-55(21-16-49)61(5,6)54-18-13-48(14-19-54)17-22-56(63-8)25-32-62-7/h9-10,13-16,18-21,23-25,32,40,50-53,57H,1-4,7,11-12,17,22,26-31,33-39,41-45H2,5-6,8H3/b32-25-,63-56-. The van der Waals surface area contributed by atoms with Crippen LogP contribution in [0, 0.1) is 23.7 Å². The Hall–Kier alpha value is -4.82. The van der Waals surface area contributed by atoms with Crippen molar-refractivity contribution >= 4 is 42.0 Å². The van der Waals surface area contributed by atoms with E-state index < -0.39 is 0 Å². The van der Waals surface area contributed by atoms with Crippen molar-refractivity contribution in [2.75, 3.05) is 83.9 Å². The fourth-order valence-electron chi connectivity index (χ4n) is 12.1. The van der Waals surface area contributed by atoms with Gasteiger partial charge in [0.15, 0.2) is 0 Å². The zero-order chi connectivity index (χ0) is 47.6. The highest BCUT2D eigenvalue weighted by Gasteiger charge is 2.32. The van der Waals surface area contributed by atoms with E-state index in [-0.39, 0.29) is 11.5 Å². The molecule has 0 aliphatic carbocycles. The zero-order valence-electron chi connectivity index (χ0n) is 42.3. The van der Waals surface area contributed by atoms with Crippen molar-refractivity contribution in [3.63, 3.8) is 0 Å². The first kappa shape index (κ1) is 49.6. The average Bonchev–Trinajstić information content (AvgIpc) is 3.59. The number of nitrogens with zero attached hydrogens (tertiary/aromatic N) is 7. The number of fused-ring (bicyclic) bond motifs is 1. The van der Waals surface area contributed by atoms with Crippen LogP contribution in [-0.4, -0.2) is 111 Å². The van der Waals surface area contributed by atoms with E-state index in [4.69, 9.17) is 0 Å². The van der Waals surface area contributed by atoms with Gasteiger partial charge in [-0.15, -0.1) is 13.2 Å². The molecule has 362 valence electrons. The summed E-state index contributed by atoms with van der Waals surface area (Å²) in [6, 6.07) is 25.8. The average molecular weight is 914 g/mol. The second-order valence-electron chi connectivity index (χ2n) is 21.6. The van der Waals surface area contributed by atoms with Gasteiger partial charge in [0.1, 0.15) is 0 Å². The van der Waals surface area contributed by atoms with Crippen LogP contribution in [0.15, 0.2) is 114 Å². The van der Waals surface area contributed by atoms with E-state index in [1.807, 2.05) is 25.3 Å². The maximum absolute atomic E-state index is 4.50. The van der Waals surface area contributed by atoms with Crippen molar-refractivity contribution in [1.82, 2.24) is 19.3 Å². The molecule has 7 nitrogen and oxygen atoms in total. The lowest BCUT2D eigenvalue weighted by Crippen LogP contribution is -2.53. The normalized spacial score (nSPS) is 19.8. The topological polar surface area (TPSA) is 42.6 Å². The molecule has 4 saturated heterocycles. The molecule has 0 amide bonds. The van der Waals surface area contributed by atoms with Crippen LogP contribution in [0.4, 0.5) is 5.69 Å². The summed E-state index contributed by atoms with van der Waals surface area (Å²) in [7, 11) is 1.84. The van der Waals surface area contributed by atoms with E-state index in [0.717, 1.165) is 78.9 Å². The van der Waals surface area contributed by atoms with Gasteiger partial charge in [0.05, 0.1) is 6.04 Å². The molecule has 0 N–H and O–H groups in total. The van der Waals surface area contributed by atoms with E-state index >= 15 is 0 Å². The lowest BCUT2D eigenvalue weighted by molar-refractivity contribution is 0.0900. The maximum Gasteiger partial charge on any atom is 0.0522 e. The minimum Gasteiger partial charge on any atom is -0.371 e. The van der Waals surface area contributed by atoms with Crippen molar-refractivity contribution in [3.8, 4) is 0 Å². The molecule has 5 heterocycles. The fraction of sp³-hybridized carbons (Fsp3) is 0.508. The predicted octanol–water partition coefficient (Wildman–Crippen LogP) is 10.5. The Morgan fingerprint density at radius 1 is 0.691 bits per heavy atom. The highest BCUT2D eigenvalue weighted by molar-refractivity contribution is 5.95. The Labute approximate surface area is 410 Å². The van der Waals surface area contributed by atoms with Crippen molar-refractivity contribution in [3.05, 3.63) is 137 Å². The van der Waals surface area contributed by atoms with Crippen molar-refractivity contribution in [2.24, 2.45) is 33.7 Å². The van der Waals surface area contributed by atoms with Crippen LogP contribution in [0.5, 0.6) is 0 Å². The van der Waals surface area contributed by atoms with Gasteiger partial charge in [-0.1, -0.05) is 93.8 Å². The van der Waals surface area contributed by atoms with Crippen LogP contribution in [0.2, 0.25) is 0 Å². The van der Waals surface area contributed by atoms with Gasteiger partial charge in [-0.05, 0) is 175 Å². The number of aliphatic imine (C=N–C) groups is 2. The minimum absolute atomic E-state index is 0.0455. The summed E-state index contributed by atoms with van der Waals surface area (Å²) in [5.41, 5.74) is 7.88. The third kappa shape index (κ3) is 12.1. The van der Waals surface area contributed by atoms with Gasteiger partial charge >= 0.3 is 0 Å². The molecule has 0 spiro atoms. The molecule has 1 atom stereocenters. The molecule has 4 aromatic rings. The molecule has 4 aliphatic heterocycles. The van der Waals surface area contributed by atoms with Crippen LogP contribution >= 0.6 is 0 Å². The Morgan fingerprint density at radius 3 is 1.75 bits per heavy atom. The summed E-state index contributed by atoms with van der Waals surface area (Å²) < 4.78 is 2.27. The summed E-state index contributed by atoms with van der Waals surface area (Å²) in [6.07, 6.45) is 20.8. The third-order valence-electron chi connectivity index (χ3n) is 16.7. The molecule has 1 unspecified atom stereocenters. The summed E-state index contributed by atoms with van der Waals surface area (Å²) in [5, 5.41) is 4.51. The Morgan fingerprint density at radius 2 is 1.22 bits per heavy atom. The number of aromatic nitrogens is 1. The quantitative estimate of drug-likeness (QED) is 0.0617. The lowest BCUT2D eigenvalue weighted by atomic mass is 9.77. The number of likely N-dealkylation sites (tertiary alicyclic amines) is 3. The van der Waals surface area contributed by atoms with Crippen LogP contribution in [0.25, 0.3) is 23.9 Å². The number of piperidine rings is 3. The van der Waals surface area contributed by atoms with Gasteiger partial charge in [-0.25, -0.2) is 0 Å². The second kappa shape index (κ2) is 23.2. The van der Waals surface area contributed by atoms with E-state index in [1.165, 1.54) is 143 Å². The Bertz CT molecular complexity index is 2450. The molecule has 3 aromatic carbocycles. The Kier molecular flexibility index (Phi) is 16.9. The largest absolute Gasteiger partial charge is 0.371 e.